The summed E-state index contributed by atoms with van der Waals surface area (Å²) in [6, 6.07) is 0. The molecule has 0 aromatic carbocycles. The average molecular weight is 382 g/mol. The molecule has 1 aliphatic rings. The maximum absolute atomic E-state index is 5.78. The Kier molecular flexibility index (Phi) is 11.7. The van der Waals surface area contributed by atoms with Gasteiger partial charge in [-0.1, -0.05) is 20.3 Å². The molecular formula is C14H31IN4. The number of piperidine rings is 1. The average Bonchev–Trinajstić information content (AvgIpc) is 2.37. The van der Waals surface area contributed by atoms with Gasteiger partial charge in [0.2, 0.25) is 0 Å². The van der Waals surface area contributed by atoms with Gasteiger partial charge in [0.25, 0.3) is 0 Å². The molecule has 4 nitrogen and oxygen atoms in total. The number of likely N-dealkylation sites (tertiary alicyclic amines) is 1. The van der Waals surface area contributed by atoms with Crippen LogP contribution in [0.15, 0.2) is 4.99 Å². The molecule has 5 heteroatoms. The van der Waals surface area contributed by atoms with Gasteiger partial charge in [-0.3, -0.25) is 4.99 Å². The van der Waals surface area contributed by atoms with E-state index in [4.69, 9.17) is 5.73 Å². The topological polar surface area (TPSA) is 53.6 Å². The molecule has 0 unspecified atom stereocenters. The van der Waals surface area contributed by atoms with Crippen molar-refractivity contribution >= 4 is 29.9 Å². The second kappa shape index (κ2) is 11.8. The van der Waals surface area contributed by atoms with Crippen LogP contribution in [0.25, 0.3) is 0 Å². The number of rotatable bonds is 7. The Morgan fingerprint density at radius 1 is 1.32 bits per heavy atom. The lowest BCUT2D eigenvalue weighted by atomic mass is 9.99. The zero-order valence-corrected chi connectivity index (χ0v) is 14.9. The molecule has 0 aromatic heterocycles. The lowest BCUT2D eigenvalue weighted by molar-refractivity contribution is 0.192. The van der Waals surface area contributed by atoms with E-state index in [1.54, 1.807) is 0 Å². The minimum Gasteiger partial charge on any atom is -0.370 e. The summed E-state index contributed by atoms with van der Waals surface area (Å²) in [4.78, 5) is 6.90. The van der Waals surface area contributed by atoms with Crippen molar-refractivity contribution in [2.24, 2.45) is 16.6 Å². The zero-order chi connectivity index (χ0) is 13.2. The SMILES string of the molecule is CCCCNC(N)=NCCCN1CCC(C)CC1.I. The molecule has 1 saturated heterocycles. The van der Waals surface area contributed by atoms with Gasteiger partial charge in [0, 0.05) is 13.1 Å². The largest absolute Gasteiger partial charge is 0.370 e. The van der Waals surface area contributed by atoms with Crippen LogP contribution in [0.1, 0.15) is 46.0 Å². The van der Waals surface area contributed by atoms with Crippen molar-refractivity contribution < 1.29 is 0 Å². The van der Waals surface area contributed by atoms with Crippen molar-refractivity contribution in [1.82, 2.24) is 10.2 Å². The Labute approximate surface area is 135 Å². The molecule has 0 aliphatic carbocycles. The third-order valence-electron chi connectivity index (χ3n) is 3.63. The summed E-state index contributed by atoms with van der Waals surface area (Å²) in [6.07, 6.45) is 6.16. The number of guanidine groups is 1. The third kappa shape index (κ3) is 9.49. The summed E-state index contributed by atoms with van der Waals surface area (Å²) in [7, 11) is 0. The van der Waals surface area contributed by atoms with E-state index < -0.39 is 0 Å². The molecule has 19 heavy (non-hydrogen) atoms. The molecule has 0 saturated carbocycles. The fourth-order valence-corrected chi connectivity index (χ4v) is 2.23. The first-order valence-corrected chi connectivity index (χ1v) is 7.48. The predicted molar refractivity (Wildman–Crippen MR) is 94.3 cm³/mol. The summed E-state index contributed by atoms with van der Waals surface area (Å²) in [5.41, 5.74) is 5.78. The molecule has 1 heterocycles. The van der Waals surface area contributed by atoms with Crippen molar-refractivity contribution in [2.45, 2.75) is 46.0 Å². The fourth-order valence-electron chi connectivity index (χ4n) is 2.23. The van der Waals surface area contributed by atoms with Gasteiger partial charge in [-0.15, -0.1) is 24.0 Å². The van der Waals surface area contributed by atoms with Crippen LogP contribution in [0.5, 0.6) is 0 Å². The van der Waals surface area contributed by atoms with E-state index in [1.165, 1.54) is 38.9 Å². The lowest BCUT2D eigenvalue weighted by Gasteiger charge is -2.29. The number of nitrogens with two attached hydrogens (primary N) is 1. The molecule has 0 spiro atoms. The first kappa shape index (κ1) is 19.0. The van der Waals surface area contributed by atoms with Gasteiger partial charge < -0.3 is 16.0 Å². The number of halogens is 1. The highest BCUT2D eigenvalue weighted by molar-refractivity contribution is 14.0. The van der Waals surface area contributed by atoms with Crippen LogP contribution >= 0.6 is 24.0 Å². The maximum Gasteiger partial charge on any atom is 0.188 e. The number of hydrogen-bond acceptors (Lipinski definition) is 2. The van der Waals surface area contributed by atoms with Crippen LogP contribution in [0, 0.1) is 5.92 Å². The predicted octanol–water partition coefficient (Wildman–Crippen LogP) is 2.43. The first-order valence-electron chi connectivity index (χ1n) is 7.48. The number of nitrogens with zero attached hydrogens (tertiary/aromatic N) is 2. The number of unbranched alkanes of at least 4 members (excludes halogenated alkanes) is 1. The van der Waals surface area contributed by atoms with E-state index >= 15 is 0 Å². The molecule has 0 radical (unpaired) electrons. The minimum atomic E-state index is 0. The lowest BCUT2D eigenvalue weighted by Crippen LogP contribution is -2.34. The minimum absolute atomic E-state index is 0. The van der Waals surface area contributed by atoms with E-state index in [-0.39, 0.29) is 24.0 Å². The molecule has 0 bridgehead atoms. The smallest absolute Gasteiger partial charge is 0.188 e. The normalized spacial score (nSPS) is 18.1. The molecule has 0 atom stereocenters. The van der Waals surface area contributed by atoms with Gasteiger partial charge >= 0.3 is 0 Å². The fraction of sp³-hybridized carbons (Fsp3) is 0.929. The van der Waals surface area contributed by atoms with Crippen molar-refractivity contribution in [3.63, 3.8) is 0 Å². The van der Waals surface area contributed by atoms with Crippen LogP contribution in [0.4, 0.5) is 0 Å². The van der Waals surface area contributed by atoms with Gasteiger partial charge in [-0.2, -0.15) is 0 Å². The Morgan fingerprint density at radius 3 is 2.63 bits per heavy atom. The first-order chi connectivity index (χ1) is 8.72. The van der Waals surface area contributed by atoms with Crippen LogP contribution in [-0.2, 0) is 0 Å². The molecule has 0 aromatic rings. The van der Waals surface area contributed by atoms with Gasteiger partial charge in [0.05, 0.1) is 0 Å². The van der Waals surface area contributed by atoms with Crippen LogP contribution in [-0.4, -0.2) is 43.6 Å². The molecule has 0 amide bonds. The molecule has 114 valence electrons. The van der Waals surface area contributed by atoms with Crippen LogP contribution in [0.3, 0.4) is 0 Å². The van der Waals surface area contributed by atoms with Crippen LogP contribution in [0.2, 0.25) is 0 Å². The molecule has 3 N–H and O–H groups in total. The quantitative estimate of drug-likeness (QED) is 0.308. The Morgan fingerprint density at radius 2 is 2.00 bits per heavy atom. The molecule has 1 rings (SSSR count). The number of aliphatic imine (C=N–C) groups is 1. The summed E-state index contributed by atoms with van der Waals surface area (Å²) < 4.78 is 0. The highest BCUT2D eigenvalue weighted by atomic mass is 127. The standard InChI is InChI=1S/C14H30N4.HI/c1-3-4-8-16-14(15)17-9-5-10-18-11-6-13(2)7-12-18;/h13H,3-12H2,1-2H3,(H3,15,16,17);1H. The van der Waals surface area contributed by atoms with Crippen molar-refractivity contribution in [3.8, 4) is 0 Å². The van der Waals surface area contributed by atoms with Gasteiger partial charge in [0.15, 0.2) is 5.96 Å². The van der Waals surface area contributed by atoms with E-state index in [0.717, 1.165) is 31.8 Å². The molecule has 1 fully saturated rings. The monoisotopic (exact) mass is 382 g/mol. The van der Waals surface area contributed by atoms with Gasteiger partial charge in [0.1, 0.15) is 0 Å². The third-order valence-corrected chi connectivity index (χ3v) is 3.63. The number of hydrogen-bond donors (Lipinski definition) is 2. The van der Waals surface area contributed by atoms with Crippen molar-refractivity contribution in [3.05, 3.63) is 0 Å². The summed E-state index contributed by atoms with van der Waals surface area (Å²) >= 11 is 0. The van der Waals surface area contributed by atoms with Gasteiger partial charge in [-0.25, -0.2) is 0 Å². The Bertz CT molecular complexity index is 238. The van der Waals surface area contributed by atoms with E-state index in [0.29, 0.717) is 5.96 Å². The highest BCUT2D eigenvalue weighted by Crippen LogP contribution is 2.15. The molecular weight excluding hydrogens is 351 g/mol. The maximum atomic E-state index is 5.78. The summed E-state index contributed by atoms with van der Waals surface area (Å²) in [6.45, 7) is 9.99. The second-order valence-corrected chi connectivity index (χ2v) is 5.43. The Balaban J connectivity index is 0.00000324. The Hall–Kier alpha value is -0.0400. The van der Waals surface area contributed by atoms with Gasteiger partial charge in [-0.05, 0) is 51.2 Å². The van der Waals surface area contributed by atoms with Crippen LogP contribution < -0.4 is 11.1 Å². The molecule has 1 aliphatic heterocycles. The van der Waals surface area contributed by atoms with E-state index in [9.17, 15) is 0 Å². The number of nitrogens with one attached hydrogen (secondary N) is 1. The van der Waals surface area contributed by atoms with Crippen molar-refractivity contribution in [1.29, 1.82) is 0 Å². The second-order valence-electron chi connectivity index (χ2n) is 5.43. The summed E-state index contributed by atoms with van der Waals surface area (Å²) in [5, 5.41) is 3.14. The van der Waals surface area contributed by atoms with E-state index in [1.807, 2.05) is 0 Å². The summed E-state index contributed by atoms with van der Waals surface area (Å²) in [5.74, 6) is 1.52. The highest BCUT2D eigenvalue weighted by Gasteiger charge is 2.14. The van der Waals surface area contributed by atoms with E-state index in [2.05, 4.69) is 29.1 Å². The van der Waals surface area contributed by atoms with Crippen molar-refractivity contribution in [2.75, 3.05) is 32.7 Å². The zero-order valence-electron chi connectivity index (χ0n) is 12.5.